The number of nitriles is 1. The summed E-state index contributed by atoms with van der Waals surface area (Å²) in [4.78, 5) is 12.5. The number of carbonyl (C=O) groups excluding carboxylic acids is 1. The molecule has 0 aliphatic carbocycles. The second-order valence-corrected chi connectivity index (χ2v) is 5.03. The monoisotopic (exact) mass is 303 g/mol. The molecule has 23 heavy (non-hydrogen) atoms. The second-order valence-electron chi connectivity index (χ2n) is 5.03. The Morgan fingerprint density at radius 1 is 1.13 bits per heavy atom. The van der Waals surface area contributed by atoms with Crippen LogP contribution in [-0.4, -0.2) is 12.9 Å². The van der Waals surface area contributed by atoms with E-state index in [9.17, 15) is 10.1 Å². The normalized spacial score (nSPS) is 11.7. The number of methoxy groups -OCH3 is 1. The number of Topliss-reactive ketones (excluding diaryl/α,β-unsaturated/α-hetero) is 1. The highest BCUT2D eigenvalue weighted by Gasteiger charge is 2.12. The average molecular weight is 303 g/mol. The fourth-order valence-electron chi connectivity index (χ4n) is 2.15. The number of ketones is 1. The zero-order valence-corrected chi connectivity index (χ0v) is 13.1. The molecule has 2 rings (SSSR count). The smallest absolute Gasteiger partial charge is 0.203 e. The van der Waals surface area contributed by atoms with Crippen LogP contribution >= 0.6 is 0 Å². The van der Waals surface area contributed by atoms with Crippen molar-refractivity contribution in [3.05, 3.63) is 82.9 Å². The molecule has 0 aliphatic rings. The first kappa shape index (κ1) is 16.3. The van der Waals surface area contributed by atoms with Gasteiger partial charge in [0.15, 0.2) is 0 Å². The maximum absolute atomic E-state index is 12.5. The van der Waals surface area contributed by atoms with Crippen molar-refractivity contribution in [1.82, 2.24) is 0 Å². The van der Waals surface area contributed by atoms with Crippen molar-refractivity contribution >= 4 is 11.9 Å². The van der Waals surface area contributed by atoms with Gasteiger partial charge in [0.25, 0.3) is 0 Å². The highest BCUT2D eigenvalue weighted by Crippen LogP contribution is 2.17. The molecule has 3 heteroatoms. The molecular weight excluding hydrogens is 286 g/mol. The van der Waals surface area contributed by atoms with Gasteiger partial charge in [-0.05, 0) is 36.3 Å². The Kier molecular flexibility index (Phi) is 5.49. The quantitative estimate of drug-likeness (QED) is 0.355. The first-order valence-corrected chi connectivity index (χ1v) is 7.18. The van der Waals surface area contributed by atoms with E-state index in [1.165, 1.54) is 7.11 Å². The summed E-state index contributed by atoms with van der Waals surface area (Å²) in [5, 5.41) is 9.30. The molecule has 0 unspecified atom stereocenters. The summed E-state index contributed by atoms with van der Waals surface area (Å²) >= 11 is 0. The van der Waals surface area contributed by atoms with Crippen molar-refractivity contribution in [2.24, 2.45) is 0 Å². The molecule has 0 saturated heterocycles. The SMILES string of the molecule is COc1cccc(C(=O)/C(C#N)=C/C(C)=C/c2ccccc2)c1. The lowest BCUT2D eigenvalue weighted by Gasteiger charge is -2.03. The zero-order chi connectivity index (χ0) is 16.7. The summed E-state index contributed by atoms with van der Waals surface area (Å²) in [5.74, 6) is 0.275. The summed E-state index contributed by atoms with van der Waals surface area (Å²) in [6.45, 7) is 1.86. The van der Waals surface area contributed by atoms with E-state index < -0.39 is 0 Å². The van der Waals surface area contributed by atoms with Crippen LogP contribution in [0.5, 0.6) is 5.75 Å². The van der Waals surface area contributed by atoms with Crippen molar-refractivity contribution in [3.8, 4) is 11.8 Å². The molecule has 0 spiro atoms. The largest absolute Gasteiger partial charge is 0.497 e. The van der Waals surface area contributed by atoms with E-state index in [0.29, 0.717) is 11.3 Å². The van der Waals surface area contributed by atoms with Gasteiger partial charge in [-0.3, -0.25) is 4.79 Å². The highest BCUT2D eigenvalue weighted by molar-refractivity contribution is 6.11. The van der Waals surface area contributed by atoms with Gasteiger partial charge in [-0.25, -0.2) is 0 Å². The molecule has 3 nitrogen and oxygen atoms in total. The van der Waals surface area contributed by atoms with Gasteiger partial charge in [-0.1, -0.05) is 48.5 Å². The van der Waals surface area contributed by atoms with E-state index in [-0.39, 0.29) is 11.4 Å². The highest BCUT2D eigenvalue weighted by atomic mass is 16.5. The van der Waals surface area contributed by atoms with Crippen LogP contribution in [0, 0.1) is 11.3 Å². The van der Waals surface area contributed by atoms with E-state index in [2.05, 4.69) is 0 Å². The molecule has 0 radical (unpaired) electrons. The second kappa shape index (κ2) is 7.77. The lowest BCUT2D eigenvalue weighted by molar-refractivity contribution is 0.103. The number of benzene rings is 2. The van der Waals surface area contributed by atoms with Crippen LogP contribution in [0.2, 0.25) is 0 Å². The van der Waals surface area contributed by atoms with Gasteiger partial charge >= 0.3 is 0 Å². The van der Waals surface area contributed by atoms with Gasteiger partial charge < -0.3 is 4.74 Å². The number of hydrogen-bond donors (Lipinski definition) is 0. The Bertz CT molecular complexity index is 796. The Morgan fingerprint density at radius 2 is 1.87 bits per heavy atom. The van der Waals surface area contributed by atoms with Crippen LogP contribution in [0.15, 0.2) is 71.8 Å². The predicted octanol–water partition coefficient (Wildman–Crippen LogP) is 4.43. The molecule has 0 bridgehead atoms. The number of carbonyl (C=O) groups is 1. The molecule has 114 valence electrons. The minimum atomic E-state index is -0.313. The van der Waals surface area contributed by atoms with Crippen LogP contribution in [0.1, 0.15) is 22.8 Å². The fourth-order valence-corrected chi connectivity index (χ4v) is 2.15. The zero-order valence-electron chi connectivity index (χ0n) is 13.1. The number of nitrogens with zero attached hydrogens (tertiary/aromatic N) is 1. The van der Waals surface area contributed by atoms with E-state index >= 15 is 0 Å². The van der Waals surface area contributed by atoms with Crippen molar-refractivity contribution in [2.75, 3.05) is 7.11 Å². The van der Waals surface area contributed by atoms with Crippen molar-refractivity contribution < 1.29 is 9.53 Å². The molecule has 0 heterocycles. The Morgan fingerprint density at radius 3 is 2.52 bits per heavy atom. The number of hydrogen-bond acceptors (Lipinski definition) is 3. The van der Waals surface area contributed by atoms with Crippen LogP contribution in [-0.2, 0) is 0 Å². The van der Waals surface area contributed by atoms with Gasteiger partial charge in [0.05, 0.1) is 7.11 Å². The number of rotatable bonds is 5. The third kappa shape index (κ3) is 4.42. The van der Waals surface area contributed by atoms with Crippen LogP contribution in [0.4, 0.5) is 0 Å². The summed E-state index contributed by atoms with van der Waals surface area (Å²) in [6.07, 6.45) is 3.53. The van der Waals surface area contributed by atoms with Gasteiger partial charge in [0.2, 0.25) is 5.78 Å². The molecule has 0 N–H and O–H groups in total. The average Bonchev–Trinajstić information content (AvgIpc) is 2.60. The standard InChI is InChI=1S/C20H17NO2/c1-15(11-16-7-4-3-5-8-16)12-18(14-21)20(22)17-9-6-10-19(13-17)23-2/h3-13H,1-2H3/b15-11+,18-12+. The van der Waals surface area contributed by atoms with E-state index in [0.717, 1.165) is 11.1 Å². The molecule has 0 fully saturated rings. The minimum Gasteiger partial charge on any atom is -0.497 e. The molecule has 0 aliphatic heterocycles. The van der Waals surface area contributed by atoms with Gasteiger partial charge in [-0.2, -0.15) is 5.26 Å². The van der Waals surface area contributed by atoms with Crippen molar-refractivity contribution in [1.29, 1.82) is 5.26 Å². The van der Waals surface area contributed by atoms with E-state index in [4.69, 9.17) is 4.74 Å². The molecule has 0 saturated carbocycles. The van der Waals surface area contributed by atoms with Crippen LogP contribution in [0.25, 0.3) is 6.08 Å². The Balaban J connectivity index is 2.29. The van der Waals surface area contributed by atoms with Gasteiger partial charge in [0, 0.05) is 5.56 Å². The topological polar surface area (TPSA) is 50.1 Å². The lowest BCUT2D eigenvalue weighted by Crippen LogP contribution is -2.02. The van der Waals surface area contributed by atoms with E-state index in [1.54, 1.807) is 30.3 Å². The molecule has 0 atom stereocenters. The Labute approximate surface area is 136 Å². The van der Waals surface area contributed by atoms with Gasteiger partial charge in [0.1, 0.15) is 17.4 Å². The summed E-state index contributed by atoms with van der Waals surface area (Å²) in [5.41, 5.74) is 2.39. The Hall–Kier alpha value is -3.12. The molecule has 2 aromatic rings. The molecule has 0 amide bonds. The lowest BCUT2D eigenvalue weighted by atomic mass is 10.0. The fraction of sp³-hybridized carbons (Fsp3) is 0.100. The number of allylic oxidation sites excluding steroid dienone is 3. The first-order chi connectivity index (χ1) is 11.1. The minimum absolute atomic E-state index is 0.0999. The maximum Gasteiger partial charge on any atom is 0.203 e. The summed E-state index contributed by atoms with van der Waals surface area (Å²) in [7, 11) is 1.54. The van der Waals surface area contributed by atoms with Gasteiger partial charge in [-0.15, -0.1) is 0 Å². The molecular formula is C20H17NO2. The van der Waals surface area contributed by atoms with Crippen LogP contribution in [0.3, 0.4) is 0 Å². The number of ether oxygens (including phenoxy) is 1. The first-order valence-electron chi connectivity index (χ1n) is 7.18. The van der Waals surface area contributed by atoms with Crippen LogP contribution < -0.4 is 4.74 Å². The predicted molar refractivity (Wildman–Crippen MR) is 91.1 cm³/mol. The van der Waals surface area contributed by atoms with Crippen molar-refractivity contribution in [2.45, 2.75) is 6.92 Å². The van der Waals surface area contributed by atoms with Crippen molar-refractivity contribution in [3.63, 3.8) is 0 Å². The maximum atomic E-state index is 12.5. The third-order valence-electron chi connectivity index (χ3n) is 3.26. The molecule has 0 aromatic heterocycles. The van der Waals surface area contributed by atoms with E-state index in [1.807, 2.05) is 49.4 Å². The molecule has 2 aromatic carbocycles. The summed E-state index contributed by atoms with van der Waals surface area (Å²) < 4.78 is 5.11. The third-order valence-corrected chi connectivity index (χ3v) is 3.26. The summed E-state index contributed by atoms with van der Waals surface area (Å²) in [6, 6.07) is 18.5.